The van der Waals surface area contributed by atoms with Gasteiger partial charge in [-0.05, 0) is 31.2 Å². The van der Waals surface area contributed by atoms with Gasteiger partial charge in [-0.3, -0.25) is 0 Å². The number of ether oxygens (including phenoxy) is 2. The number of hydrogen-bond acceptors (Lipinski definition) is 5. The van der Waals surface area contributed by atoms with Gasteiger partial charge in [0.2, 0.25) is 0 Å². The molecule has 0 saturated heterocycles. The zero-order chi connectivity index (χ0) is 17.4. The van der Waals surface area contributed by atoms with Crippen molar-refractivity contribution in [1.29, 1.82) is 0 Å². The van der Waals surface area contributed by atoms with Gasteiger partial charge in [0.1, 0.15) is 17.3 Å². The fourth-order valence-electron chi connectivity index (χ4n) is 2.97. The number of carbonyl (C=O) groups excluding carboxylic acids is 1. The monoisotopic (exact) mass is 335 g/mol. The predicted molar refractivity (Wildman–Crippen MR) is 94.0 cm³/mol. The van der Waals surface area contributed by atoms with Crippen LogP contribution >= 0.6 is 0 Å². The van der Waals surface area contributed by atoms with E-state index in [9.17, 15) is 4.79 Å². The predicted octanol–water partition coefficient (Wildman–Crippen LogP) is 3.31. The first-order valence-electron chi connectivity index (χ1n) is 8.08. The van der Waals surface area contributed by atoms with Gasteiger partial charge in [0, 0.05) is 17.3 Å². The summed E-state index contributed by atoms with van der Waals surface area (Å²) in [5.41, 5.74) is 3.87. The van der Waals surface area contributed by atoms with Crippen LogP contribution in [0.5, 0.6) is 5.75 Å². The lowest BCUT2D eigenvalue weighted by atomic mass is 10.1. The van der Waals surface area contributed by atoms with Crippen molar-refractivity contribution in [2.75, 3.05) is 13.7 Å². The Bertz CT molecular complexity index is 958. The summed E-state index contributed by atoms with van der Waals surface area (Å²) in [5, 5.41) is 0. The Balaban J connectivity index is 1.75. The molecule has 0 bridgehead atoms. The largest absolute Gasteiger partial charge is 0.497 e. The van der Waals surface area contributed by atoms with Crippen molar-refractivity contribution in [3.8, 4) is 17.0 Å². The first-order valence-corrected chi connectivity index (χ1v) is 8.08. The fraction of sp³-hybridized carbons (Fsp3) is 0.211. The van der Waals surface area contributed by atoms with Crippen LogP contribution in [0.4, 0.5) is 5.82 Å². The molecule has 1 aromatic carbocycles. The minimum atomic E-state index is -0.410. The number of nitrogens with zero attached hydrogens (tertiary/aromatic N) is 3. The van der Waals surface area contributed by atoms with Crippen molar-refractivity contribution in [1.82, 2.24) is 9.55 Å². The van der Waals surface area contributed by atoms with Crippen LogP contribution in [0.25, 0.3) is 11.3 Å². The van der Waals surface area contributed by atoms with Crippen molar-refractivity contribution in [2.45, 2.75) is 13.5 Å². The number of aromatic nitrogens is 2. The molecule has 0 aliphatic carbocycles. The molecule has 1 aromatic rings. The van der Waals surface area contributed by atoms with Gasteiger partial charge < -0.3 is 14.0 Å². The number of aliphatic imine (C=N–C) groups is 1. The normalized spacial score (nSPS) is 12.8. The maximum Gasteiger partial charge on any atom is 0.356 e. The molecule has 0 spiro atoms. The highest BCUT2D eigenvalue weighted by Gasteiger charge is 2.24. The van der Waals surface area contributed by atoms with Gasteiger partial charge in [-0.15, -0.1) is 0 Å². The molecule has 0 radical (unpaired) electrons. The van der Waals surface area contributed by atoms with Gasteiger partial charge in [-0.1, -0.05) is 12.1 Å². The van der Waals surface area contributed by atoms with E-state index in [1.165, 1.54) is 0 Å². The second-order valence-electron chi connectivity index (χ2n) is 5.72. The molecule has 3 heterocycles. The first-order chi connectivity index (χ1) is 12.2. The average Bonchev–Trinajstić information content (AvgIpc) is 3.25. The van der Waals surface area contributed by atoms with Crippen molar-refractivity contribution in [3.63, 3.8) is 0 Å². The standard InChI is InChI=1S/C19H17N3O3/c1-3-25-19(23)16-10-14-15(20-16)7-8-22-11-17(21-18(14)22)12-5-4-6-13(9-12)24-2/h4-10H,3,11H2,1-2H3. The molecular weight excluding hydrogens is 318 g/mol. The molecule has 0 fully saturated rings. The van der Waals surface area contributed by atoms with E-state index >= 15 is 0 Å². The summed E-state index contributed by atoms with van der Waals surface area (Å²) in [7, 11) is 1.65. The first kappa shape index (κ1) is 15.4. The van der Waals surface area contributed by atoms with Crippen molar-refractivity contribution >= 4 is 17.5 Å². The van der Waals surface area contributed by atoms with E-state index in [-0.39, 0.29) is 0 Å². The number of esters is 1. The summed E-state index contributed by atoms with van der Waals surface area (Å²) in [6, 6.07) is 11.5. The zero-order valence-electron chi connectivity index (χ0n) is 14.0. The number of rotatable bonds is 4. The van der Waals surface area contributed by atoms with Crippen LogP contribution in [0.15, 0.2) is 47.6 Å². The lowest BCUT2D eigenvalue weighted by Gasteiger charge is -2.06. The zero-order valence-corrected chi connectivity index (χ0v) is 14.0. The molecule has 3 aliphatic heterocycles. The number of hydrogen-bond donors (Lipinski definition) is 0. The maximum absolute atomic E-state index is 11.9. The molecule has 0 amide bonds. The summed E-state index contributed by atoms with van der Waals surface area (Å²) >= 11 is 0. The van der Waals surface area contributed by atoms with Crippen LogP contribution < -0.4 is 4.74 Å². The molecule has 6 heteroatoms. The second kappa shape index (κ2) is 6.05. The van der Waals surface area contributed by atoms with E-state index in [0.29, 0.717) is 18.8 Å². The number of fused-ring (bicyclic) bond motifs is 3. The second-order valence-corrected chi connectivity index (χ2v) is 5.72. The minimum Gasteiger partial charge on any atom is -0.497 e. The third-order valence-corrected chi connectivity index (χ3v) is 4.17. The van der Waals surface area contributed by atoms with E-state index in [1.807, 2.05) is 41.1 Å². The summed E-state index contributed by atoms with van der Waals surface area (Å²) in [6.07, 6.45) is 1.94. The molecule has 3 aliphatic rings. The Morgan fingerprint density at radius 1 is 1.28 bits per heavy atom. The summed E-state index contributed by atoms with van der Waals surface area (Å²) in [4.78, 5) is 21.1. The molecular formula is C19H17N3O3. The minimum absolute atomic E-state index is 0.316. The Morgan fingerprint density at radius 2 is 2.16 bits per heavy atom. The topological polar surface area (TPSA) is 65.7 Å². The Morgan fingerprint density at radius 3 is 2.96 bits per heavy atom. The highest BCUT2D eigenvalue weighted by Crippen LogP contribution is 2.36. The third kappa shape index (κ3) is 2.65. The van der Waals surface area contributed by atoms with Crippen LogP contribution in [-0.4, -0.2) is 34.9 Å². The number of methoxy groups -OCH3 is 1. The molecule has 0 unspecified atom stereocenters. The van der Waals surface area contributed by atoms with Gasteiger partial charge in [0.05, 0.1) is 31.7 Å². The lowest BCUT2D eigenvalue weighted by molar-refractivity contribution is 0.0520. The van der Waals surface area contributed by atoms with Crippen molar-refractivity contribution in [3.05, 3.63) is 53.9 Å². The molecule has 0 aromatic heterocycles. The molecule has 25 heavy (non-hydrogen) atoms. The molecule has 4 rings (SSSR count). The SMILES string of the molecule is CCOC(=O)c1cc2c3n(ccc-2n1)CC(c1cccc(OC)c1)=N3. The Labute approximate surface area is 145 Å². The maximum atomic E-state index is 11.9. The van der Waals surface area contributed by atoms with E-state index in [0.717, 1.165) is 34.1 Å². The van der Waals surface area contributed by atoms with Gasteiger partial charge in [-0.2, -0.15) is 0 Å². The quantitative estimate of drug-likeness (QED) is 0.686. The molecule has 6 nitrogen and oxygen atoms in total. The fourth-order valence-corrected chi connectivity index (χ4v) is 2.97. The Kier molecular flexibility index (Phi) is 3.72. The van der Waals surface area contributed by atoms with Crippen molar-refractivity contribution in [2.24, 2.45) is 4.99 Å². The lowest BCUT2D eigenvalue weighted by Crippen LogP contribution is -2.05. The molecule has 126 valence electrons. The highest BCUT2D eigenvalue weighted by atomic mass is 16.5. The Hall–Kier alpha value is -3.15. The highest BCUT2D eigenvalue weighted by molar-refractivity contribution is 6.05. The van der Waals surface area contributed by atoms with E-state index in [2.05, 4.69) is 4.98 Å². The molecule has 0 atom stereocenters. The van der Waals surface area contributed by atoms with E-state index in [1.54, 1.807) is 20.1 Å². The number of pyridine rings is 1. The number of benzene rings is 1. The van der Waals surface area contributed by atoms with Gasteiger partial charge in [0.15, 0.2) is 0 Å². The van der Waals surface area contributed by atoms with Crippen LogP contribution in [0, 0.1) is 0 Å². The third-order valence-electron chi connectivity index (χ3n) is 4.17. The average molecular weight is 335 g/mol. The smallest absolute Gasteiger partial charge is 0.356 e. The van der Waals surface area contributed by atoms with Crippen molar-refractivity contribution < 1.29 is 14.3 Å². The van der Waals surface area contributed by atoms with Crippen LogP contribution in [0.1, 0.15) is 23.0 Å². The van der Waals surface area contributed by atoms with E-state index in [4.69, 9.17) is 14.5 Å². The summed E-state index contributed by atoms with van der Waals surface area (Å²) in [5.74, 6) is 1.19. The van der Waals surface area contributed by atoms with Gasteiger partial charge in [-0.25, -0.2) is 14.8 Å². The number of carbonyl (C=O) groups is 1. The van der Waals surface area contributed by atoms with Gasteiger partial charge >= 0.3 is 5.97 Å². The van der Waals surface area contributed by atoms with Crippen LogP contribution in [-0.2, 0) is 11.3 Å². The van der Waals surface area contributed by atoms with E-state index < -0.39 is 5.97 Å². The molecule has 0 saturated carbocycles. The van der Waals surface area contributed by atoms with Crippen LogP contribution in [0.3, 0.4) is 0 Å². The van der Waals surface area contributed by atoms with Crippen LogP contribution in [0.2, 0.25) is 0 Å². The van der Waals surface area contributed by atoms with Gasteiger partial charge in [0.25, 0.3) is 0 Å². The molecule has 0 N–H and O–H groups in total. The summed E-state index contributed by atoms with van der Waals surface area (Å²) < 4.78 is 12.4. The summed E-state index contributed by atoms with van der Waals surface area (Å²) in [6.45, 7) is 2.77.